The number of aliphatic hydroxyl groups is 1. The van der Waals surface area contributed by atoms with Crippen LogP contribution in [0.15, 0.2) is 22.7 Å². The average Bonchev–Trinajstić information content (AvgIpc) is 2.94. The Kier molecular flexibility index (Phi) is 6.08. The van der Waals surface area contributed by atoms with Gasteiger partial charge in [-0.25, -0.2) is 0 Å². The highest BCUT2D eigenvalue weighted by molar-refractivity contribution is 9.11. The zero-order valence-electron chi connectivity index (χ0n) is 12.5. The molecule has 1 aromatic rings. The van der Waals surface area contributed by atoms with Crippen LogP contribution in [0.25, 0.3) is 6.08 Å². The first-order valence-electron chi connectivity index (χ1n) is 7.11. The summed E-state index contributed by atoms with van der Waals surface area (Å²) in [5.74, 6) is 1.45. The lowest BCUT2D eigenvalue weighted by molar-refractivity contribution is 0.169. The molecule has 1 aromatic carbocycles. The van der Waals surface area contributed by atoms with Crippen LogP contribution in [0.2, 0.25) is 0 Å². The van der Waals surface area contributed by atoms with Crippen molar-refractivity contribution >= 4 is 22.0 Å². The molecule has 1 fully saturated rings. The summed E-state index contributed by atoms with van der Waals surface area (Å²) >= 11 is 3.63. The van der Waals surface area contributed by atoms with Gasteiger partial charge < -0.3 is 14.6 Å². The Bertz CT molecular complexity index is 504. The first-order chi connectivity index (χ1) is 10.2. The SMILES string of the molecule is COc1ccc(/C=C(\Br)CN2CCC[C@H]2CO)cc1OC. The average molecular weight is 356 g/mol. The molecular weight excluding hydrogens is 334 g/mol. The second-order valence-corrected chi connectivity index (χ2v) is 6.17. The number of nitrogens with zero attached hydrogens (tertiary/aromatic N) is 1. The molecule has 4 nitrogen and oxygen atoms in total. The van der Waals surface area contributed by atoms with E-state index in [-0.39, 0.29) is 12.6 Å². The summed E-state index contributed by atoms with van der Waals surface area (Å²) in [6, 6.07) is 6.14. The molecule has 1 atom stereocenters. The maximum absolute atomic E-state index is 9.36. The summed E-state index contributed by atoms with van der Waals surface area (Å²) in [4.78, 5) is 2.31. The van der Waals surface area contributed by atoms with Crippen LogP contribution >= 0.6 is 15.9 Å². The van der Waals surface area contributed by atoms with Crippen molar-refractivity contribution in [2.24, 2.45) is 0 Å². The number of benzene rings is 1. The van der Waals surface area contributed by atoms with Crippen molar-refractivity contribution in [2.75, 3.05) is 33.9 Å². The molecule has 0 bridgehead atoms. The molecule has 116 valence electrons. The highest BCUT2D eigenvalue weighted by Crippen LogP contribution is 2.29. The smallest absolute Gasteiger partial charge is 0.161 e. The summed E-state index contributed by atoms with van der Waals surface area (Å²) in [7, 11) is 3.27. The quantitative estimate of drug-likeness (QED) is 0.851. The van der Waals surface area contributed by atoms with Crippen LogP contribution in [0, 0.1) is 0 Å². The van der Waals surface area contributed by atoms with E-state index < -0.39 is 0 Å². The zero-order valence-corrected chi connectivity index (χ0v) is 14.1. The summed E-state index contributed by atoms with van der Waals surface area (Å²) in [6.45, 7) is 2.09. The Morgan fingerprint density at radius 2 is 2.14 bits per heavy atom. The minimum Gasteiger partial charge on any atom is -0.493 e. The van der Waals surface area contributed by atoms with Crippen LogP contribution in [0.5, 0.6) is 11.5 Å². The monoisotopic (exact) mass is 355 g/mol. The molecule has 2 rings (SSSR count). The van der Waals surface area contributed by atoms with Gasteiger partial charge in [0.25, 0.3) is 0 Å². The highest BCUT2D eigenvalue weighted by Gasteiger charge is 2.23. The van der Waals surface area contributed by atoms with Gasteiger partial charge in [0.1, 0.15) is 0 Å². The molecule has 1 N–H and O–H groups in total. The van der Waals surface area contributed by atoms with Gasteiger partial charge in [-0.1, -0.05) is 22.0 Å². The third-order valence-electron chi connectivity index (χ3n) is 3.79. The second kappa shape index (κ2) is 7.82. The number of hydrogen-bond donors (Lipinski definition) is 1. The van der Waals surface area contributed by atoms with Crippen LogP contribution in [-0.2, 0) is 0 Å². The number of hydrogen-bond acceptors (Lipinski definition) is 4. The molecule has 1 aliphatic heterocycles. The van der Waals surface area contributed by atoms with Gasteiger partial charge >= 0.3 is 0 Å². The third-order valence-corrected chi connectivity index (χ3v) is 4.27. The molecule has 5 heteroatoms. The number of ether oxygens (including phenoxy) is 2. The van der Waals surface area contributed by atoms with E-state index in [1.54, 1.807) is 14.2 Å². The lowest BCUT2D eigenvalue weighted by Crippen LogP contribution is -2.33. The molecular formula is C16H22BrNO3. The van der Waals surface area contributed by atoms with E-state index in [4.69, 9.17) is 9.47 Å². The minimum absolute atomic E-state index is 0.233. The van der Waals surface area contributed by atoms with Crippen molar-refractivity contribution in [1.29, 1.82) is 0 Å². The summed E-state index contributed by atoms with van der Waals surface area (Å²) in [5, 5.41) is 9.36. The van der Waals surface area contributed by atoms with Crippen LogP contribution in [-0.4, -0.2) is 50.0 Å². The molecule has 0 aromatic heterocycles. The van der Waals surface area contributed by atoms with E-state index in [0.717, 1.165) is 47.5 Å². The number of halogens is 1. The van der Waals surface area contributed by atoms with Crippen LogP contribution < -0.4 is 9.47 Å². The van der Waals surface area contributed by atoms with Gasteiger partial charge in [-0.15, -0.1) is 0 Å². The molecule has 0 saturated carbocycles. The van der Waals surface area contributed by atoms with Crippen molar-refractivity contribution in [1.82, 2.24) is 4.90 Å². The van der Waals surface area contributed by atoms with E-state index in [0.29, 0.717) is 0 Å². The Morgan fingerprint density at radius 3 is 2.81 bits per heavy atom. The maximum atomic E-state index is 9.36. The minimum atomic E-state index is 0.233. The third kappa shape index (κ3) is 4.22. The van der Waals surface area contributed by atoms with Gasteiger partial charge in [-0.2, -0.15) is 0 Å². The number of methoxy groups -OCH3 is 2. The fourth-order valence-electron chi connectivity index (χ4n) is 2.67. The first-order valence-corrected chi connectivity index (χ1v) is 7.90. The Labute approximate surface area is 134 Å². The molecule has 0 aliphatic carbocycles. The zero-order chi connectivity index (χ0) is 15.2. The van der Waals surface area contributed by atoms with Crippen LogP contribution in [0.1, 0.15) is 18.4 Å². The maximum Gasteiger partial charge on any atom is 0.161 e. The van der Waals surface area contributed by atoms with Crippen molar-refractivity contribution in [3.8, 4) is 11.5 Å². The molecule has 0 radical (unpaired) electrons. The van der Waals surface area contributed by atoms with Crippen molar-refractivity contribution in [3.05, 3.63) is 28.2 Å². The lowest BCUT2D eigenvalue weighted by atomic mass is 10.2. The molecule has 1 saturated heterocycles. The standard InChI is InChI=1S/C16H22BrNO3/c1-20-15-6-5-12(9-16(15)21-2)8-13(17)10-18-7-3-4-14(18)11-19/h5-6,8-9,14,19H,3-4,7,10-11H2,1-2H3/b13-8-/t14-/m0/s1. The fourth-order valence-corrected chi connectivity index (χ4v) is 3.26. The van der Waals surface area contributed by atoms with Crippen molar-refractivity contribution < 1.29 is 14.6 Å². The van der Waals surface area contributed by atoms with Gasteiger partial charge in [0.15, 0.2) is 11.5 Å². The second-order valence-electron chi connectivity index (χ2n) is 5.15. The van der Waals surface area contributed by atoms with Crippen molar-refractivity contribution in [2.45, 2.75) is 18.9 Å². The van der Waals surface area contributed by atoms with E-state index >= 15 is 0 Å². The summed E-state index contributed by atoms with van der Waals surface area (Å²) < 4.78 is 11.6. The van der Waals surface area contributed by atoms with Gasteiger partial charge in [-0.3, -0.25) is 4.90 Å². The number of rotatable bonds is 6. The number of likely N-dealkylation sites (tertiary alicyclic amines) is 1. The van der Waals surface area contributed by atoms with Crippen molar-refractivity contribution in [3.63, 3.8) is 0 Å². The largest absolute Gasteiger partial charge is 0.493 e. The van der Waals surface area contributed by atoms with Crippen LogP contribution in [0.4, 0.5) is 0 Å². The molecule has 0 amide bonds. The normalized spacial score (nSPS) is 19.8. The Morgan fingerprint density at radius 1 is 1.38 bits per heavy atom. The van der Waals surface area contributed by atoms with Crippen LogP contribution in [0.3, 0.4) is 0 Å². The molecule has 0 spiro atoms. The highest BCUT2D eigenvalue weighted by atomic mass is 79.9. The van der Waals surface area contributed by atoms with Gasteiger partial charge in [0.2, 0.25) is 0 Å². The molecule has 1 heterocycles. The first kappa shape index (κ1) is 16.3. The topological polar surface area (TPSA) is 41.9 Å². The Hall–Kier alpha value is -1.04. The predicted molar refractivity (Wildman–Crippen MR) is 88.1 cm³/mol. The van der Waals surface area contributed by atoms with Gasteiger partial charge in [0.05, 0.1) is 20.8 Å². The lowest BCUT2D eigenvalue weighted by Gasteiger charge is -2.22. The summed E-state index contributed by atoms with van der Waals surface area (Å²) in [5.41, 5.74) is 1.05. The molecule has 0 unspecified atom stereocenters. The van der Waals surface area contributed by atoms with E-state index in [1.807, 2.05) is 18.2 Å². The van der Waals surface area contributed by atoms with E-state index in [1.165, 1.54) is 0 Å². The predicted octanol–water partition coefficient (Wildman–Crippen LogP) is 2.90. The summed E-state index contributed by atoms with van der Waals surface area (Å²) in [6.07, 6.45) is 4.31. The number of aliphatic hydroxyl groups excluding tert-OH is 1. The van der Waals surface area contributed by atoms with Gasteiger partial charge in [-0.05, 0) is 43.2 Å². The Balaban J connectivity index is 2.08. The fraction of sp³-hybridized carbons (Fsp3) is 0.500. The van der Waals surface area contributed by atoms with E-state index in [2.05, 4.69) is 26.9 Å². The van der Waals surface area contributed by atoms with E-state index in [9.17, 15) is 5.11 Å². The molecule has 21 heavy (non-hydrogen) atoms. The molecule has 1 aliphatic rings. The van der Waals surface area contributed by atoms with Gasteiger partial charge in [0, 0.05) is 17.1 Å².